The number of nitrogens with one attached hydrogen (secondary N) is 1. The molecule has 1 aliphatic heterocycles. The van der Waals surface area contributed by atoms with Gasteiger partial charge in [0.25, 0.3) is 5.91 Å². The van der Waals surface area contributed by atoms with E-state index in [1.54, 1.807) is 18.2 Å². The Kier molecular flexibility index (Phi) is 4.81. The minimum Gasteiger partial charge on any atom is -0.481 e. The van der Waals surface area contributed by atoms with Crippen LogP contribution in [0.5, 0.6) is 5.75 Å². The van der Waals surface area contributed by atoms with Crippen LogP contribution in [0.3, 0.4) is 0 Å². The summed E-state index contributed by atoms with van der Waals surface area (Å²) in [7, 11) is 2.65. The van der Waals surface area contributed by atoms with E-state index in [1.807, 2.05) is 0 Å². The molecule has 1 saturated heterocycles. The monoisotopic (exact) mass is 368 g/mol. The Hall–Kier alpha value is -2.35. The first-order valence-corrected chi connectivity index (χ1v) is 7.01. The lowest BCUT2D eigenvalue weighted by atomic mass is 10.1. The van der Waals surface area contributed by atoms with Crippen molar-refractivity contribution in [1.29, 1.82) is 0 Å². The van der Waals surface area contributed by atoms with Crippen molar-refractivity contribution in [2.24, 2.45) is 0 Å². The van der Waals surface area contributed by atoms with Crippen LogP contribution in [-0.2, 0) is 14.3 Å². The summed E-state index contributed by atoms with van der Waals surface area (Å²) in [6, 6.07) is 4.58. The number of benzene rings is 1. The van der Waals surface area contributed by atoms with Crippen LogP contribution in [0.2, 0.25) is 0 Å². The number of urea groups is 1. The Labute approximate surface area is 135 Å². The maximum absolute atomic E-state index is 11.9. The van der Waals surface area contributed by atoms with Crippen LogP contribution >= 0.6 is 15.9 Å². The molecular formula is C14H13BrN2O5. The van der Waals surface area contributed by atoms with E-state index in [1.165, 1.54) is 20.2 Å². The number of halogens is 1. The Morgan fingerprint density at radius 1 is 1.41 bits per heavy atom. The molecule has 0 aliphatic carbocycles. The minimum atomic E-state index is -0.522. The fourth-order valence-corrected chi connectivity index (χ4v) is 2.12. The molecule has 3 amide bonds. The van der Waals surface area contributed by atoms with E-state index in [0.29, 0.717) is 11.3 Å². The number of hydrogen-bond donors (Lipinski definition) is 1. The lowest BCUT2D eigenvalue weighted by Crippen LogP contribution is -2.25. The molecule has 7 nitrogen and oxygen atoms in total. The van der Waals surface area contributed by atoms with Gasteiger partial charge in [0.1, 0.15) is 11.4 Å². The van der Waals surface area contributed by atoms with Crippen LogP contribution in [0.4, 0.5) is 4.79 Å². The largest absolute Gasteiger partial charge is 0.481 e. The molecule has 8 heteroatoms. The van der Waals surface area contributed by atoms with E-state index in [-0.39, 0.29) is 12.3 Å². The average Bonchev–Trinajstić information content (AvgIpc) is 2.73. The van der Waals surface area contributed by atoms with E-state index < -0.39 is 17.9 Å². The van der Waals surface area contributed by atoms with Crippen LogP contribution in [0.15, 0.2) is 28.4 Å². The third-order valence-electron chi connectivity index (χ3n) is 2.93. The van der Waals surface area contributed by atoms with Crippen molar-refractivity contribution in [3.05, 3.63) is 33.9 Å². The molecule has 1 aromatic rings. The van der Waals surface area contributed by atoms with Crippen LogP contribution in [0, 0.1) is 0 Å². The van der Waals surface area contributed by atoms with Gasteiger partial charge in [0, 0.05) is 17.1 Å². The van der Waals surface area contributed by atoms with Crippen LogP contribution < -0.4 is 10.1 Å². The first kappa shape index (κ1) is 16.0. The molecule has 116 valence electrons. The lowest BCUT2D eigenvalue weighted by molar-refractivity contribution is -0.142. The zero-order chi connectivity index (χ0) is 16.3. The zero-order valence-corrected chi connectivity index (χ0v) is 13.5. The molecule has 1 aliphatic rings. The molecule has 0 bridgehead atoms. The molecule has 0 atom stereocenters. The molecule has 2 rings (SSSR count). The predicted octanol–water partition coefficient (Wildman–Crippen LogP) is 1.52. The first-order chi connectivity index (χ1) is 10.4. The highest BCUT2D eigenvalue weighted by Crippen LogP contribution is 2.26. The molecule has 0 saturated carbocycles. The average molecular weight is 369 g/mol. The highest BCUT2D eigenvalue weighted by atomic mass is 79.9. The third kappa shape index (κ3) is 3.45. The summed E-state index contributed by atoms with van der Waals surface area (Å²) < 4.78 is 10.6. The highest BCUT2D eigenvalue weighted by molar-refractivity contribution is 9.10. The SMILES string of the molecule is COC(=O)COc1ccc(Br)cc1/C=C1/NC(=O)N(C)C1=O. The molecule has 1 aromatic carbocycles. The minimum absolute atomic E-state index is 0.133. The smallest absolute Gasteiger partial charge is 0.343 e. The molecule has 0 unspecified atom stereocenters. The first-order valence-electron chi connectivity index (χ1n) is 6.22. The van der Waals surface area contributed by atoms with Crippen molar-refractivity contribution >= 4 is 39.9 Å². The second kappa shape index (κ2) is 6.61. The summed E-state index contributed by atoms with van der Waals surface area (Å²) in [5.74, 6) is -0.576. The van der Waals surface area contributed by atoms with Gasteiger partial charge < -0.3 is 14.8 Å². The van der Waals surface area contributed by atoms with Gasteiger partial charge in [0.2, 0.25) is 0 Å². The predicted molar refractivity (Wildman–Crippen MR) is 80.9 cm³/mol. The van der Waals surface area contributed by atoms with Gasteiger partial charge in [-0.1, -0.05) is 15.9 Å². The molecule has 0 aromatic heterocycles. The van der Waals surface area contributed by atoms with Gasteiger partial charge in [0.15, 0.2) is 6.61 Å². The van der Waals surface area contributed by atoms with Gasteiger partial charge in [-0.15, -0.1) is 0 Å². The number of ether oxygens (including phenoxy) is 2. The van der Waals surface area contributed by atoms with Crippen LogP contribution in [0.1, 0.15) is 5.56 Å². The number of imide groups is 1. The standard InChI is InChI=1S/C14H13BrN2O5/c1-17-13(19)10(16-14(17)20)6-8-5-9(15)3-4-11(8)22-7-12(18)21-2/h3-6H,7H2,1-2H3,(H,16,20)/b10-6+. The van der Waals surface area contributed by atoms with Crippen molar-refractivity contribution < 1.29 is 23.9 Å². The maximum atomic E-state index is 11.9. The van der Waals surface area contributed by atoms with E-state index in [4.69, 9.17) is 4.74 Å². The second-order valence-electron chi connectivity index (χ2n) is 4.40. The number of hydrogen-bond acceptors (Lipinski definition) is 5. The number of esters is 1. The van der Waals surface area contributed by atoms with Gasteiger partial charge in [-0.25, -0.2) is 9.59 Å². The Morgan fingerprint density at radius 2 is 2.14 bits per heavy atom. The van der Waals surface area contributed by atoms with Crippen LogP contribution in [-0.4, -0.2) is 43.6 Å². The van der Waals surface area contributed by atoms with Gasteiger partial charge in [-0.2, -0.15) is 0 Å². The van der Waals surface area contributed by atoms with Gasteiger partial charge in [-0.3, -0.25) is 9.69 Å². The number of methoxy groups -OCH3 is 1. The van der Waals surface area contributed by atoms with Gasteiger partial charge in [-0.05, 0) is 24.3 Å². The summed E-state index contributed by atoms with van der Waals surface area (Å²) >= 11 is 3.32. The van der Waals surface area contributed by atoms with Gasteiger partial charge >= 0.3 is 12.0 Å². The molecular weight excluding hydrogens is 356 g/mol. The van der Waals surface area contributed by atoms with E-state index >= 15 is 0 Å². The van der Waals surface area contributed by atoms with E-state index in [9.17, 15) is 14.4 Å². The number of rotatable bonds is 4. The van der Waals surface area contributed by atoms with E-state index in [0.717, 1.165) is 9.37 Å². The topological polar surface area (TPSA) is 84.9 Å². The maximum Gasteiger partial charge on any atom is 0.343 e. The Bertz CT molecular complexity index is 671. The van der Waals surface area contributed by atoms with Crippen LogP contribution in [0.25, 0.3) is 6.08 Å². The Balaban J connectivity index is 2.30. The fraction of sp³-hybridized carbons (Fsp3) is 0.214. The molecule has 1 N–H and O–H groups in total. The van der Waals surface area contributed by atoms with Crippen molar-refractivity contribution in [2.45, 2.75) is 0 Å². The fourth-order valence-electron chi connectivity index (χ4n) is 1.74. The second-order valence-corrected chi connectivity index (χ2v) is 5.31. The number of amides is 3. The number of carbonyl (C=O) groups is 3. The Morgan fingerprint density at radius 3 is 2.73 bits per heavy atom. The van der Waals surface area contributed by atoms with Crippen molar-refractivity contribution in [3.63, 3.8) is 0 Å². The quantitative estimate of drug-likeness (QED) is 0.494. The normalized spacial score (nSPS) is 16.0. The number of nitrogens with zero attached hydrogens (tertiary/aromatic N) is 1. The summed E-state index contributed by atoms with van der Waals surface area (Å²) in [5.41, 5.74) is 0.672. The third-order valence-corrected chi connectivity index (χ3v) is 3.42. The van der Waals surface area contributed by atoms with Crippen molar-refractivity contribution in [1.82, 2.24) is 10.2 Å². The molecule has 1 heterocycles. The molecule has 0 radical (unpaired) electrons. The molecule has 22 heavy (non-hydrogen) atoms. The van der Waals surface area contributed by atoms with Crippen molar-refractivity contribution in [2.75, 3.05) is 20.8 Å². The highest BCUT2D eigenvalue weighted by Gasteiger charge is 2.30. The zero-order valence-electron chi connectivity index (χ0n) is 11.9. The lowest BCUT2D eigenvalue weighted by Gasteiger charge is -2.09. The molecule has 1 fully saturated rings. The van der Waals surface area contributed by atoms with Gasteiger partial charge in [0.05, 0.1) is 7.11 Å². The number of carbonyl (C=O) groups excluding carboxylic acids is 3. The van der Waals surface area contributed by atoms with Crippen molar-refractivity contribution in [3.8, 4) is 5.75 Å². The summed E-state index contributed by atoms with van der Waals surface area (Å²) in [5, 5.41) is 2.46. The summed E-state index contributed by atoms with van der Waals surface area (Å²) in [4.78, 5) is 35.4. The number of likely N-dealkylation sites (N-methyl/N-ethyl adjacent to an activating group) is 1. The summed E-state index contributed by atoms with van der Waals surface area (Å²) in [6.07, 6.45) is 1.49. The summed E-state index contributed by atoms with van der Waals surface area (Å²) in [6.45, 7) is -0.255. The molecule has 0 spiro atoms. The van der Waals surface area contributed by atoms with E-state index in [2.05, 4.69) is 26.0 Å².